The first-order chi connectivity index (χ1) is 4.75. The smallest absolute Gasteiger partial charge is 0.317 e. The van der Waals surface area contributed by atoms with E-state index in [2.05, 4.69) is 0 Å². The minimum Gasteiger partial charge on any atom is -0.317 e. The topological polar surface area (TPSA) is 26.0 Å². The van der Waals surface area contributed by atoms with Gasteiger partial charge < -0.3 is 5.73 Å². The second-order valence-corrected chi connectivity index (χ2v) is 3.05. The lowest BCUT2D eigenvalue weighted by Gasteiger charge is -2.34. The minimum atomic E-state index is -4.30. The molecule has 68 valence electrons. The Hall–Kier alpha value is -0.250. The predicted molar refractivity (Wildman–Crippen MR) is 38.1 cm³/mol. The SMILES string of the molecule is CCC(N)(C(C)C)C(F)(F)F. The van der Waals surface area contributed by atoms with Crippen molar-refractivity contribution < 1.29 is 13.2 Å². The van der Waals surface area contributed by atoms with Gasteiger partial charge in [0, 0.05) is 0 Å². The van der Waals surface area contributed by atoms with Gasteiger partial charge in [-0.25, -0.2) is 0 Å². The van der Waals surface area contributed by atoms with Crippen LogP contribution < -0.4 is 5.73 Å². The van der Waals surface area contributed by atoms with Crippen LogP contribution in [0.1, 0.15) is 27.2 Å². The average molecular weight is 169 g/mol. The highest BCUT2D eigenvalue weighted by atomic mass is 19.4. The lowest BCUT2D eigenvalue weighted by Crippen LogP contribution is -2.56. The molecule has 0 aliphatic heterocycles. The Bertz CT molecular complexity index is 130. The number of nitrogens with two attached hydrogens (primary N) is 1. The predicted octanol–water partition coefficient (Wildman–Crippen LogP) is 2.31. The molecular weight excluding hydrogens is 155 g/mol. The summed E-state index contributed by atoms with van der Waals surface area (Å²) in [5, 5.41) is 0. The van der Waals surface area contributed by atoms with Crippen LogP contribution in [0.3, 0.4) is 0 Å². The Kier molecular flexibility index (Phi) is 2.94. The second kappa shape index (κ2) is 3.01. The Balaban J connectivity index is 4.61. The molecule has 0 fully saturated rings. The van der Waals surface area contributed by atoms with E-state index < -0.39 is 17.6 Å². The van der Waals surface area contributed by atoms with Crippen LogP contribution >= 0.6 is 0 Å². The van der Waals surface area contributed by atoms with Crippen molar-refractivity contribution in [1.29, 1.82) is 0 Å². The van der Waals surface area contributed by atoms with Gasteiger partial charge in [0.15, 0.2) is 0 Å². The highest BCUT2D eigenvalue weighted by molar-refractivity contribution is 4.93. The molecule has 0 amide bonds. The summed E-state index contributed by atoms with van der Waals surface area (Å²) >= 11 is 0. The van der Waals surface area contributed by atoms with Crippen LogP contribution in [-0.4, -0.2) is 11.7 Å². The third-order valence-corrected chi connectivity index (χ3v) is 2.14. The first kappa shape index (κ1) is 10.8. The third-order valence-electron chi connectivity index (χ3n) is 2.14. The third kappa shape index (κ3) is 1.86. The van der Waals surface area contributed by atoms with Crippen molar-refractivity contribution in [3.63, 3.8) is 0 Å². The summed E-state index contributed by atoms with van der Waals surface area (Å²) in [7, 11) is 0. The maximum atomic E-state index is 12.2. The normalized spacial score (nSPS) is 18.5. The molecule has 0 aromatic heterocycles. The minimum absolute atomic E-state index is 0.0752. The zero-order valence-electron chi connectivity index (χ0n) is 7.00. The molecule has 0 heterocycles. The monoisotopic (exact) mass is 169 g/mol. The van der Waals surface area contributed by atoms with E-state index in [9.17, 15) is 13.2 Å². The van der Waals surface area contributed by atoms with Crippen LogP contribution in [0.15, 0.2) is 0 Å². The standard InChI is InChI=1S/C7H14F3N/c1-4-6(11,5(2)3)7(8,9)10/h5H,4,11H2,1-3H3. The van der Waals surface area contributed by atoms with Crippen molar-refractivity contribution >= 4 is 0 Å². The molecule has 1 unspecified atom stereocenters. The molecule has 0 aliphatic carbocycles. The van der Waals surface area contributed by atoms with E-state index in [1.165, 1.54) is 20.8 Å². The molecule has 0 aliphatic rings. The fraction of sp³-hybridized carbons (Fsp3) is 1.00. The summed E-state index contributed by atoms with van der Waals surface area (Å²) in [5.41, 5.74) is 3.17. The number of hydrogen-bond donors (Lipinski definition) is 1. The van der Waals surface area contributed by atoms with Gasteiger partial charge in [0.2, 0.25) is 0 Å². The van der Waals surface area contributed by atoms with Gasteiger partial charge in [-0.15, -0.1) is 0 Å². The molecule has 1 nitrogen and oxygen atoms in total. The molecule has 4 heteroatoms. The first-order valence-electron chi connectivity index (χ1n) is 3.61. The van der Waals surface area contributed by atoms with Gasteiger partial charge in [-0.1, -0.05) is 20.8 Å². The van der Waals surface area contributed by atoms with Gasteiger partial charge in [0.1, 0.15) is 5.54 Å². The van der Waals surface area contributed by atoms with Gasteiger partial charge in [-0.3, -0.25) is 0 Å². The van der Waals surface area contributed by atoms with Crippen LogP contribution in [0.25, 0.3) is 0 Å². The zero-order valence-corrected chi connectivity index (χ0v) is 7.00. The number of alkyl halides is 3. The van der Waals surface area contributed by atoms with Gasteiger partial charge in [0.05, 0.1) is 0 Å². The molecule has 0 aromatic rings. The fourth-order valence-electron chi connectivity index (χ4n) is 0.936. The van der Waals surface area contributed by atoms with Crippen molar-refractivity contribution in [2.24, 2.45) is 11.7 Å². The lowest BCUT2D eigenvalue weighted by molar-refractivity contribution is -0.198. The van der Waals surface area contributed by atoms with Crippen molar-refractivity contribution in [2.45, 2.75) is 38.9 Å². The van der Waals surface area contributed by atoms with E-state index >= 15 is 0 Å². The molecule has 2 N–H and O–H groups in total. The van der Waals surface area contributed by atoms with Crippen LogP contribution in [-0.2, 0) is 0 Å². The van der Waals surface area contributed by atoms with E-state index in [-0.39, 0.29) is 6.42 Å². The van der Waals surface area contributed by atoms with Gasteiger partial charge in [-0.2, -0.15) is 13.2 Å². The van der Waals surface area contributed by atoms with E-state index in [4.69, 9.17) is 5.73 Å². The van der Waals surface area contributed by atoms with E-state index in [1.54, 1.807) is 0 Å². The van der Waals surface area contributed by atoms with Gasteiger partial charge >= 0.3 is 6.18 Å². The largest absolute Gasteiger partial charge is 0.406 e. The van der Waals surface area contributed by atoms with Crippen LogP contribution in [0.4, 0.5) is 13.2 Å². The van der Waals surface area contributed by atoms with E-state index in [1.807, 2.05) is 0 Å². The summed E-state index contributed by atoms with van der Waals surface area (Å²) in [6, 6.07) is 0. The second-order valence-electron chi connectivity index (χ2n) is 3.05. The molecular formula is C7H14F3N. The van der Waals surface area contributed by atoms with Crippen LogP contribution in [0, 0.1) is 5.92 Å². The fourth-order valence-corrected chi connectivity index (χ4v) is 0.936. The van der Waals surface area contributed by atoms with Crippen LogP contribution in [0.2, 0.25) is 0 Å². The Morgan fingerprint density at radius 2 is 1.64 bits per heavy atom. The molecule has 0 saturated heterocycles. The molecule has 11 heavy (non-hydrogen) atoms. The zero-order chi connectivity index (χ0) is 9.28. The van der Waals surface area contributed by atoms with E-state index in [0.29, 0.717) is 0 Å². The maximum Gasteiger partial charge on any atom is 0.406 e. The molecule has 0 saturated carbocycles. The van der Waals surface area contributed by atoms with E-state index in [0.717, 1.165) is 0 Å². The lowest BCUT2D eigenvalue weighted by atomic mass is 9.84. The van der Waals surface area contributed by atoms with Crippen molar-refractivity contribution in [3.8, 4) is 0 Å². The highest BCUT2D eigenvalue weighted by Gasteiger charge is 2.52. The molecule has 0 rings (SSSR count). The summed E-state index contributed by atoms with van der Waals surface area (Å²) in [5.74, 6) is -0.576. The molecule has 0 radical (unpaired) electrons. The molecule has 0 bridgehead atoms. The molecule has 1 atom stereocenters. The summed E-state index contributed by atoms with van der Waals surface area (Å²) in [4.78, 5) is 0. The van der Waals surface area contributed by atoms with Crippen LogP contribution in [0.5, 0.6) is 0 Å². The van der Waals surface area contributed by atoms with Gasteiger partial charge in [0.25, 0.3) is 0 Å². The Morgan fingerprint density at radius 1 is 1.27 bits per heavy atom. The van der Waals surface area contributed by atoms with Crippen molar-refractivity contribution in [3.05, 3.63) is 0 Å². The summed E-state index contributed by atoms with van der Waals surface area (Å²) in [6.45, 7) is 4.42. The van der Waals surface area contributed by atoms with Crippen molar-refractivity contribution in [1.82, 2.24) is 0 Å². The number of hydrogen-bond acceptors (Lipinski definition) is 1. The van der Waals surface area contributed by atoms with Gasteiger partial charge in [-0.05, 0) is 12.3 Å². The first-order valence-corrected chi connectivity index (χ1v) is 3.61. The maximum absolute atomic E-state index is 12.2. The summed E-state index contributed by atoms with van der Waals surface area (Å²) < 4.78 is 36.7. The Morgan fingerprint density at radius 3 is 1.64 bits per heavy atom. The number of halogens is 3. The summed E-state index contributed by atoms with van der Waals surface area (Å²) in [6.07, 6.45) is -4.37. The average Bonchev–Trinajstić information content (AvgIpc) is 1.83. The highest BCUT2D eigenvalue weighted by Crippen LogP contribution is 2.36. The molecule has 0 aromatic carbocycles. The Labute approximate surface area is 64.8 Å². The quantitative estimate of drug-likeness (QED) is 0.674. The number of rotatable bonds is 2. The molecule has 0 spiro atoms. The van der Waals surface area contributed by atoms with Crippen molar-refractivity contribution in [2.75, 3.05) is 0 Å².